The lowest BCUT2D eigenvalue weighted by atomic mass is 10.0. The molecule has 0 saturated heterocycles. The number of benzene rings is 1. The Bertz CT molecular complexity index is 1450. The Morgan fingerprint density at radius 2 is 1.66 bits per heavy atom. The predicted octanol–water partition coefficient (Wildman–Crippen LogP) is 5.90. The summed E-state index contributed by atoms with van der Waals surface area (Å²) in [4.78, 5) is 13.4. The fraction of sp³-hybridized carbons (Fsp3) is 0. The van der Waals surface area contributed by atoms with E-state index < -0.39 is 0 Å². The van der Waals surface area contributed by atoms with E-state index in [4.69, 9.17) is 0 Å². The maximum absolute atomic E-state index is 4.62. The van der Waals surface area contributed by atoms with Crippen LogP contribution in [0.15, 0.2) is 78.6 Å². The summed E-state index contributed by atoms with van der Waals surface area (Å²) < 4.78 is 0. The third-order valence-electron chi connectivity index (χ3n) is 5.13. The molecule has 6 rings (SSSR count). The molecule has 0 bridgehead atoms. The van der Waals surface area contributed by atoms with E-state index in [1.165, 1.54) is 0 Å². The Hall–Kier alpha value is -3.77. The van der Waals surface area contributed by atoms with Crippen LogP contribution in [0.25, 0.3) is 54.9 Å². The summed E-state index contributed by atoms with van der Waals surface area (Å²) in [5, 5.41) is 12.0. The zero-order valence-corrected chi connectivity index (χ0v) is 16.1. The van der Waals surface area contributed by atoms with Gasteiger partial charge in [-0.05, 0) is 59.0 Å². The minimum atomic E-state index is 0.907. The first-order chi connectivity index (χ1) is 14.4. The lowest BCUT2D eigenvalue weighted by molar-refractivity contribution is 1.12. The fourth-order valence-electron chi connectivity index (χ4n) is 3.73. The van der Waals surface area contributed by atoms with Crippen molar-refractivity contribution in [2.24, 2.45) is 0 Å². The zero-order chi connectivity index (χ0) is 19.2. The van der Waals surface area contributed by atoms with E-state index >= 15 is 0 Å². The average molecular weight is 393 g/mol. The molecule has 0 saturated carbocycles. The summed E-state index contributed by atoms with van der Waals surface area (Å²) in [6.07, 6.45) is 5.47. The second kappa shape index (κ2) is 6.39. The number of nitrogens with one attached hydrogen (secondary N) is 2. The first-order valence-electron chi connectivity index (χ1n) is 9.27. The molecule has 0 spiro atoms. The number of aromatic nitrogens is 5. The van der Waals surface area contributed by atoms with Gasteiger partial charge in [0.2, 0.25) is 0 Å². The number of pyridine rings is 2. The van der Waals surface area contributed by atoms with Crippen LogP contribution in [-0.2, 0) is 0 Å². The van der Waals surface area contributed by atoms with Gasteiger partial charge < -0.3 is 4.98 Å². The first kappa shape index (κ1) is 16.2. The number of H-pyrrole nitrogens is 2. The Morgan fingerprint density at radius 3 is 2.52 bits per heavy atom. The number of rotatable bonds is 3. The van der Waals surface area contributed by atoms with Crippen LogP contribution in [0.3, 0.4) is 0 Å². The molecule has 5 aromatic heterocycles. The summed E-state index contributed by atoms with van der Waals surface area (Å²) in [5.74, 6) is 0. The second-order valence-electron chi connectivity index (χ2n) is 6.85. The van der Waals surface area contributed by atoms with Crippen molar-refractivity contribution in [3.8, 4) is 33.1 Å². The molecule has 0 atom stereocenters. The Morgan fingerprint density at radius 1 is 0.759 bits per heavy atom. The molecule has 0 aliphatic heterocycles. The number of thiophene rings is 1. The van der Waals surface area contributed by atoms with Crippen molar-refractivity contribution in [1.29, 1.82) is 0 Å². The SMILES string of the molecule is c1csc(-c2nccc3[nH]c(-c4n[nH]c5ccc(-c6ccncc6)cc45)cc23)c1. The third-order valence-corrected chi connectivity index (χ3v) is 6.01. The molecule has 6 heteroatoms. The van der Waals surface area contributed by atoms with Crippen molar-refractivity contribution < 1.29 is 0 Å². The van der Waals surface area contributed by atoms with Gasteiger partial charge in [0.1, 0.15) is 5.69 Å². The molecule has 29 heavy (non-hydrogen) atoms. The zero-order valence-electron chi connectivity index (χ0n) is 15.3. The topological polar surface area (TPSA) is 70.2 Å². The monoisotopic (exact) mass is 393 g/mol. The van der Waals surface area contributed by atoms with E-state index in [0.717, 1.165) is 54.9 Å². The summed E-state index contributed by atoms with van der Waals surface area (Å²) in [6, 6.07) is 18.7. The van der Waals surface area contributed by atoms with Crippen molar-refractivity contribution in [3.05, 3.63) is 78.6 Å². The van der Waals surface area contributed by atoms with Crippen molar-refractivity contribution in [2.75, 3.05) is 0 Å². The predicted molar refractivity (Wildman–Crippen MR) is 118 cm³/mol. The minimum Gasteiger partial charge on any atom is -0.353 e. The van der Waals surface area contributed by atoms with E-state index in [-0.39, 0.29) is 0 Å². The summed E-state index contributed by atoms with van der Waals surface area (Å²) in [7, 11) is 0. The normalized spacial score (nSPS) is 11.4. The highest BCUT2D eigenvalue weighted by Crippen LogP contribution is 2.35. The van der Waals surface area contributed by atoms with E-state index in [1.54, 1.807) is 11.3 Å². The van der Waals surface area contributed by atoms with Crippen LogP contribution in [0, 0.1) is 0 Å². The van der Waals surface area contributed by atoms with Gasteiger partial charge in [0.05, 0.1) is 21.8 Å². The largest absolute Gasteiger partial charge is 0.353 e. The molecule has 0 aliphatic rings. The second-order valence-corrected chi connectivity index (χ2v) is 7.80. The third kappa shape index (κ3) is 2.65. The molecule has 0 radical (unpaired) electrons. The van der Waals surface area contributed by atoms with Crippen molar-refractivity contribution in [1.82, 2.24) is 25.1 Å². The number of aromatic amines is 2. The van der Waals surface area contributed by atoms with E-state index in [1.807, 2.05) is 36.8 Å². The van der Waals surface area contributed by atoms with Gasteiger partial charge >= 0.3 is 0 Å². The Labute approximate surface area is 170 Å². The molecule has 0 unspecified atom stereocenters. The molecule has 6 aromatic rings. The van der Waals surface area contributed by atoms with Crippen LogP contribution >= 0.6 is 11.3 Å². The molecule has 0 fully saturated rings. The van der Waals surface area contributed by atoms with Crippen molar-refractivity contribution >= 4 is 33.1 Å². The summed E-state index contributed by atoms with van der Waals surface area (Å²) in [6.45, 7) is 0. The quantitative estimate of drug-likeness (QED) is 0.393. The van der Waals surface area contributed by atoms with Gasteiger partial charge in [-0.3, -0.25) is 15.1 Å². The van der Waals surface area contributed by atoms with E-state index in [9.17, 15) is 0 Å². The standard InChI is InChI=1S/C23H15N5S/c1-2-21(29-11-1)23-17-13-20(26-18(17)7-10-25-23)22-16-12-15(3-4-19(16)27-28-22)14-5-8-24-9-6-14/h1-13,26H,(H,27,28). The molecule has 1 aromatic carbocycles. The maximum atomic E-state index is 4.62. The van der Waals surface area contributed by atoms with Gasteiger partial charge in [-0.25, -0.2) is 0 Å². The highest BCUT2D eigenvalue weighted by Gasteiger charge is 2.15. The number of hydrogen-bond acceptors (Lipinski definition) is 4. The molecule has 0 aliphatic carbocycles. The Kier molecular flexibility index (Phi) is 3.57. The maximum Gasteiger partial charge on any atom is 0.116 e. The van der Waals surface area contributed by atoms with E-state index in [2.05, 4.69) is 66.9 Å². The van der Waals surface area contributed by atoms with Gasteiger partial charge in [0.15, 0.2) is 0 Å². The molecule has 2 N–H and O–H groups in total. The van der Waals surface area contributed by atoms with Gasteiger partial charge in [0.25, 0.3) is 0 Å². The fourth-order valence-corrected chi connectivity index (χ4v) is 4.47. The summed E-state index contributed by atoms with van der Waals surface area (Å²) >= 11 is 1.70. The van der Waals surface area contributed by atoms with Gasteiger partial charge in [-0.15, -0.1) is 11.3 Å². The average Bonchev–Trinajstić information content (AvgIpc) is 3.52. The van der Waals surface area contributed by atoms with Gasteiger partial charge in [-0.1, -0.05) is 12.1 Å². The Balaban J connectivity index is 1.53. The van der Waals surface area contributed by atoms with Crippen molar-refractivity contribution in [3.63, 3.8) is 0 Å². The van der Waals surface area contributed by atoms with Crippen LogP contribution in [0.4, 0.5) is 0 Å². The molecular formula is C23H15N5S. The minimum absolute atomic E-state index is 0.907. The van der Waals surface area contributed by atoms with E-state index in [0.29, 0.717) is 0 Å². The lowest BCUT2D eigenvalue weighted by Crippen LogP contribution is -1.81. The van der Waals surface area contributed by atoms with Crippen LogP contribution in [0.5, 0.6) is 0 Å². The van der Waals surface area contributed by atoms with Crippen LogP contribution in [-0.4, -0.2) is 25.1 Å². The van der Waals surface area contributed by atoms with Gasteiger partial charge in [0, 0.05) is 34.9 Å². The highest BCUT2D eigenvalue weighted by atomic mass is 32.1. The van der Waals surface area contributed by atoms with Crippen LogP contribution in [0.1, 0.15) is 0 Å². The highest BCUT2D eigenvalue weighted by molar-refractivity contribution is 7.13. The smallest absolute Gasteiger partial charge is 0.116 e. The lowest BCUT2D eigenvalue weighted by Gasteiger charge is -2.01. The van der Waals surface area contributed by atoms with Crippen molar-refractivity contribution in [2.45, 2.75) is 0 Å². The molecule has 0 amide bonds. The molecule has 138 valence electrons. The number of nitrogens with zero attached hydrogens (tertiary/aromatic N) is 3. The molecule has 5 nitrogen and oxygen atoms in total. The number of hydrogen-bond donors (Lipinski definition) is 2. The molecular weight excluding hydrogens is 378 g/mol. The number of fused-ring (bicyclic) bond motifs is 2. The van der Waals surface area contributed by atoms with Crippen LogP contribution in [0.2, 0.25) is 0 Å². The summed E-state index contributed by atoms with van der Waals surface area (Å²) in [5.41, 5.74) is 7.22. The van der Waals surface area contributed by atoms with Gasteiger partial charge in [-0.2, -0.15) is 5.10 Å². The first-order valence-corrected chi connectivity index (χ1v) is 10.2. The molecule has 5 heterocycles. The van der Waals surface area contributed by atoms with Crippen LogP contribution < -0.4 is 0 Å².